The standard InChI is InChI=1S/C15H27N3O/c1-5-13-6-7-14(12(13)3)18-9-8-16-15(18)17-11(2)10-19-4/h8-9,11-14H,5-7,10H2,1-4H3,(H,16,17). The molecule has 4 heteroatoms. The second kappa shape index (κ2) is 6.42. The quantitative estimate of drug-likeness (QED) is 0.857. The molecule has 0 bridgehead atoms. The van der Waals surface area contributed by atoms with Gasteiger partial charge in [-0.25, -0.2) is 4.98 Å². The third-order valence-corrected chi connectivity index (χ3v) is 4.53. The minimum absolute atomic E-state index is 0.282. The Bertz CT molecular complexity index is 390. The first-order valence-corrected chi connectivity index (χ1v) is 7.45. The zero-order valence-electron chi connectivity index (χ0n) is 12.6. The molecule has 0 radical (unpaired) electrons. The fourth-order valence-corrected chi connectivity index (χ4v) is 3.40. The number of anilines is 1. The van der Waals surface area contributed by atoms with Crippen molar-refractivity contribution in [2.45, 2.75) is 52.1 Å². The van der Waals surface area contributed by atoms with Crippen LogP contribution in [0.15, 0.2) is 12.4 Å². The lowest BCUT2D eigenvalue weighted by Crippen LogP contribution is -2.25. The first kappa shape index (κ1) is 14.4. The van der Waals surface area contributed by atoms with Crippen molar-refractivity contribution in [3.05, 3.63) is 12.4 Å². The lowest BCUT2D eigenvalue weighted by atomic mass is 9.93. The highest BCUT2D eigenvalue weighted by Crippen LogP contribution is 2.42. The van der Waals surface area contributed by atoms with Gasteiger partial charge in [0.25, 0.3) is 0 Å². The van der Waals surface area contributed by atoms with Crippen LogP contribution in [0.2, 0.25) is 0 Å². The van der Waals surface area contributed by atoms with Gasteiger partial charge in [-0.1, -0.05) is 20.3 Å². The smallest absolute Gasteiger partial charge is 0.203 e. The number of methoxy groups -OCH3 is 1. The molecule has 1 aromatic heterocycles. The number of rotatable bonds is 6. The van der Waals surface area contributed by atoms with Crippen LogP contribution in [-0.4, -0.2) is 29.3 Å². The van der Waals surface area contributed by atoms with Gasteiger partial charge in [-0.3, -0.25) is 0 Å². The lowest BCUT2D eigenvalue weighted by molar-refractivity contribution is 0.190. The highest BCUT2D eigenvalue weighted by Gasteiger charge is 2.33. The molecule has 108 valence electrons. The van der Waals surface area contributed by atoms with Crippen molar-refractivity contribution in [1.82, 2.24) is 9.55 Å². The summed E-state index contributed by atoms with van der Waals surface area (Å²) in [5, 5.41) is 3.45. The minimum atomic E-state index is 0.282. The summed E-state index contributed by atoms with van der Waals surface area (Å²) < 4.78 is 7.50. The van der Waals surface area contributed by atoms with Gasteiger partial charge in [0, 0.05) is 31.6 Å². The second-order valence-corrected chi connectivity index (χ2v) is 5.83. The van der Waals surface area contributed by atoms with E-state index in [-0.39, 0.29) is 6.04 Å². The summed E-state index contributed by atoms with van der Waals surface area (Å²) in [5.74, 6) is 2.58. The Morgan fingerprint density at radius 1 is 1.53 bits per heavy atom. The molecule has 1 aliphatic rings. The molecule has 0 spiro atoms. The number of imidazole rings is 1. The van der Waals surface area contributed by atoms with Crippen molar-refractivity contribution in [2.24, 2.45) is 11.8 Å². The van der Waals surface area contributed by atoms with Crippen LogP contribution in [0.3, 0.4) is 0 Å². The molecule has 0 aliphatic heterocycles. The predicted octanol–water partition coefficient (Wildman–Crippen LogP) is 3.33. The summed E-state index contributed by atoms with van der Waals surface area (Å²) in [6, 6.07) is 0.870. The zero-order chi connectivity index (χ0) is 13.8. The van der Waals surface area contributed by atoms with E-state index in [1.165, 1.54) is 19.3 Å². The normalized spacial score (nSPS) is 28.5. The van der Waals surface area contributed by atoms with E-state index in [0.29, 0.717) is 12.6 Å². The molecule has 1 aromatic rings. The van der Waals surface area contributed by atoms with Crippen molar-refractivity contribution in [3.8, 4) is 0 Å². The van der Waals surface area contributed by atoms with E-state index >= 15 is 0 Å². The number of hydrogen-bond acceptors (Lipinski definition) is 3. The summed E-state index contributed by atoms with van der Waals surface area (Å²) in [6.07, 6.45) is 7.90. The highest BCUT2D eigenvalue weighted by atomic mass is 16.5. The van der Waals surface area contributed by atoms with Crippen LogP contribution in [0, 0.1) is 11.8 Å². The molecule has 1 heterocycles. The van der Waals surface area contributed by atoms with E-state index in [1.807, 2.05) is 6.20 Å². The van der Waals surface area contributed by atoms with Crippen molar-refractivity contribution in [1.29, 1.82) is 0 Å². The molecule has 1 aliphatic carbocycles. The average Bonchev–Trinajstić information content (AvgIpc) is 2.96. The fourth-order valence-electron chi connectivity index (χ4n) is 3.40. The van der Waals surface area contributed by atoms with E-state index in [2.05, 4.69) is 41.8 Å². The van der Waals surface area contributed by atoms with E-state index in [1.54, 1.807) is 7.11 Å². The van der Waals surface area contributed by atoms with Crippen molar-refractivity contribution in [2.75, 3.05) is 19.0 Å². The summed E-state index contributed by atoms with van der Waals surface area (Å²) in [7, 11) is 1.73. The molecule has 1 N–H and O–H groups in total. The molecule has 0 aromatic carbocycles. The first-order chi connectivity index (χ1) is 9.17. The van der Waals surface area contributed by atoms with Crippen LogP contribution in [0.1, 0.15) is 46.1 Å². The minimum Gasteiger partial charge on any atom is -0.383 e. The summed E-state index contributed by atoms with van der Waals surface area (Å²) in [6.45, 7) is 7.51. The van der Waals surface area contributed by atoms with Crippen LogP contribution < -0.4 is 5.32 Å². The Labute approximate surface area is 116 Å². The molecule has 2 rings (SSSR count). The SMILES string of the molecule is CCC1CCC(n2ccnc2NC(C)COC)C1C. The molecule has 4 atom stereocenters. The lowest BCUT2D eigenvalue weighted by Gasteiger charge is -2.24. The van der Waals surface area contributed by atoms with E-state index in [9.17, 15) is 0 Å². The number of nitrogens with one attached hydrogen (secondary N) is 1. The molecule has 1 fully saturated rings. The molecular formula is C15H27N3O. The fraction of sp³-hybridized carbons (Fsp3) is 0.800. The molecule has 4 nitrogen and oxygen atoms in total. The first-order valence-electron chi connectivity index (χ1n) is 7.45. The van der Waals surface area contributed by atoms with Gasteiger partial charge in [-0.15, -0.1) is 0 Å². The van der Waals surface area contributed by atoms with E-state index in [4.69, 9.17) is 4.74 Å². The highest BCUT2D eigenvalue weighted by molar-refractivity contribution is 5.28. The number of ether oxygens (including phenoxy) is 1. The molecular weight excluding hydrogens is 238 g/mol. The largest absolute Gasteiger partial charge is 0.383 e. The maximum Gasteiger partial charge on any atom is 0.203 e. The molecule has 0 saturated heterocycles. The molecule has 19 heavy (non-hydrogen) atoms. The number of aromatic nitrogens is 2. The average molecular weight is 265 g/mol. The Morgan fingerprint density at radius 2 is 2.32 bits per heavy atom. The predicted molar refractivity (Wildman–Crippen MR) is 78.4 cm³/mol. The third kappa shape index (κ3) is 3.11. The zero-order valence-corrected chi connectivity index (χ0v) is 12.6. The van der Waals surface area contributed by atoms with Gasteiger partial charge in [-0.2, -0.15) is 0 Å². The monoisotopic (exact) mass is 265 g/mol. The van der Waals surface area contributed by atoms with E-state index < -0.39 is 0 Å². The molecule has 1 saturated carbocycles. The third-order valence-electron chi connectivity index (χ3n) is 4.53. The van der Waals surface area contributed by atoms with E-state index in [0.717, 1.165) is 17.8 Å². The van der Waals surface area contributed by atoms with Crippen molar-refractivity contribution >= 4 is 5.95 Å². The van der Waals surface area contributed by atoms with Gasteiger partial charge in [0.1, 0.15) is 0 Å². The molecule has 0 amide bonds. The number of hydrogen-bond donors (Lipinski definition) is 1. The Hall–Kier alpha value is -1.03. The van der Waals surface area contributed by atoms with Gasteiger partial charge < -0.3 is 14.6 Å². The maximum absolute atomic E-state index is 5.17. The molecule has 4 unspecified atom stereocenters. The summed E-state index contributed by atoms with van der Waals surface area (Å²) >= 11 is 0. The number of nitrogens with zero attached hydrogens (tertiary/aromatic N) is 2. The van der Waals surface area contributed by atoms with Crippen LogP contribution in [-0.2, 0) is 4.74 Å². The Kier molecular flexibility index (Phi) is 4.86. The van der Waals surface area contributed by atoms with Gasteiger partial charge in [0.2, 0.25) is 5.95 Å². The van der Waals surface area contributed by atoms with Crippen molar-refractivity contribution < 1.29 is 4.74 Å². The Balaban J connectivity index is 2.07. The second-order valence-electron chi connectivity index (χ2n) is 5.83. The summed E-state index contributed by atoms with van der Waals surface area (Å²) in [5.41, 5.74) is 0. The van der Waals surface area contributed by atoms with Gasteiger partial charge >= 0.3 is 0 Å². The van der Waals surface area contributed by atoms with Crippen LogP contribution in [0.25, 0.3) is 0 Å². The van der Waals surface area contributed by atoms with Crippen molar-refractivity contribution in [3.63, 3.8) is 0 Å². The topological polar surface area (TPSA) is 39.1 Å². The van der Waals surface area contributed by atoms with Crippen LogP contribution in [0.5, 0.6) is 0 Å². The van der Waals surface area contributed by atoms with Gasteiger partial charge in [-0.05, 0) is 31.6 Å². The maximum atomic E-state index is 5.17. The summed E-state index contributed by atoms with van der Waals surface area (Å²) in [4.78, 5) is 4.46. The van der Waals surface area contributed by atoms with Crippen LogP contribution >= 0.6 is 0 Å². The Morgan fingerprint density at radius 3 is 2.95 bits per heavy atom. The van der Waals surface area contributed by atoms with Gasteiger partial charge in [0.15, 0.2) is 0 Å². The van der Waals surface area contributed by atoms with Gasteiger partial charge in [0.05, 0.1) is 6.61 Å². The van der Waals surface area contributed by atoms with Crippen LogP contribution in [0.4, 0.5) is 5.95 Å².